The van der Waals surface area contributed by atoms with E-state index in [1.807, 2.05) is 13.8 Å². The Bertz CT molecular complexity index is 1130. The maximum Gasteiger partial charge on any atom is 0.236 e. The highest BCUT2D eigenvalue weighted by Crippen LogP contribution is 2.52. The largest absolute Gasteiger partial charge is 0.496 e. The lowest BCUT2D eigenvalue weighted by molar-refractivity contribution is -0.129. The second-order valence-corrected chi connectivity index (χ2v) is 9.54. The highest BCUT2D eigenvalue weighted by molar-refractivity contribution is 7.98. The van der Waals surface area contributed by atoms with E-state index < -0.39 is 23.1 Å². The van der Waals surface area contributed by atoms with E-state index in [4.69, 9.17) is 25.8 Å². The summed E-state index contributed by atoms with van der Waals surface area (Å²) in [4.78, 5) is 34.1. The van der Waals surface area contributed by atoms with Gasteiger partial charge >= 0.3 is 0 Å². The van der Waals surface area contributed by atoms with Crippen molar-refractivity contribution < 1.29 is 23.8 Å². The summed E-state index contributed by atoms with van der Waals surface area (Å²) in [5, 5.41) is 3.47. The minimum Gasteiger partial charge on any atom is -0.496 e. The number of allylic oxidation sites excluding steroid dienone is 1. The lowest BCUT2D eigenvalue weighted by Gasteiger charge is -2.35. The molecule has 0 radical (unpaired) electrons. The summed E-state index contributed by atoms with van der Waals surface area (Å²) in [5.41, 5.74) is 1.44. The Kier molecular flexibility index (Phi) is 6.63. The fourth-order valence-corrected chi connectivity index (χ4v) is 5.38. The van der Waals surface area contributed by atoms with Crippen molar-refractivity contribution >= 4 is 34.9 Å². The van der Waals surface area contributed by atoms with Crippen LogP contribution in [0, 0.1) is 12.8 Å². The van der Waals surface area contributed by atoms with Gasteiger partial charge < -0.3 is 24.5 Å². The molecule has 1 spiro atoms. The number of rotatable bonds is 8. The zero-order valence-electron chi connectivity index (χ0n) is 18.9. The third kappa shape index (κ3) is 3.97. The smallest absolute Gasteiger partial charge is 0.236 e. The molecule has 2 aromatic rings. The molecule has 0 fully saturated rings. The molecule has 0 amide bonds. The molecule has 0 saturated carbocycles. The Morgan fingerprint density at radius 1 is 1.33 bits per heavy atom. The standard InChI is InChI=1S/C23H26ClN3O5S/c1-12-7-14(25-5-6-33-10-15-13(2)26-11-27-15)8-18(28)23(12)22(29)19-16(30-3)9-17(31-4)20(24)21(19)32-23/h8-9,11-12,25H,5-7,10H2,1-4H3,(H,26,27). The summed E-state index contributed by atoms with van der Waals surface area (Å²) < 4.78 is 16.7. The van der Waals surface area contributed by atoms with Gasteiger partial charge in [-0.15, -0.1) is 0 Å². The van der Waals surface area contributed by atoms with Gasteiger partial charge in [0, 0.05) is 47.5 Å². The first-order chi connectivity index (χ1) is 15.8. The summed E-state index contributed by atoms with van der Waals surface area (Å²) in [5.74, 6) is 1.15. The van der Waals surface area contributed by atoms with Crippen LogP contribution in [0.4, 0.5) is 0 Å². The summed E-state index contributed by atoms with van der Waals surface area (Å²) >= 11 is 8.17. The maximum atomic E-state index is 13.5. The second kappa shape index (κ2) is 9.30. The normalized spacial score (nSPS) is 21.6. The first-order valence-electron chi connectivity index (χ1n) is 10.6. The van der Waals surface area contributed by atoms with Crippen LogP contribution >= 0.6 is 23.4 Å². The van der Waals surface area contributed by atoms with Gasteiger partial charge in [0.1, 0.15) is 22.1 Å². The molecule has 0 saturated heterocycles. The number of fused-ring (bicyclic) bond motifs is 1. The molecule has 2 unspecified atom stereocenters. The first kappa shape index (κ1) is 23.5. The number of carbonyl (C=O) groups excluding carboxylic acids is 2. The lowest BCUT2D eigenvalue weighted by atomic mass is 9.74. The van der Waals surface area contributed by atoms with E-state index in [0.29, 0.717) is 18.7 Å². The van der Waals surface area contributed by atoms with Crippen molar-refractivity contribution in [3.05, 3.63) is 46.1 Å². The highest BCUT2D eigenvalue weighted by atomic mass is 35.5. The van der Waals surface area contributed by atoms with Crippen LogP contribution in [-0.2, 0) is 10.5 Å². The Labute approximate surface area is 201 Å². The van der Waals surface area contributed by atoms with Crippen LogP contribution < -0.4 is 19.5 Å². The fourth-order valence-electron chi connectivity index (χ4n) is 4.24. The molecule has 8 nitrogen and oxygen atoms in total. The SMILES string of the molecule is COc1cc(OC)c2c(c1Cl)OC1(C(=O)C=C(NCCSCc3nc[nH]c3C)CC1C)C2=O. The van der Waals surface area contributed by atoms with Gasteiger partial charge in [-0.3, -0.25) is 9.59 Å². The van der Waals surface area contributed by atoms with Gasteiger partial charge in [0.25, 0.3) is 0 Å². The number of carbonyl (C=O) groups is 2. The monoisotopic (exact) mass is 491 g/mol. The van der Waals surface area contributed by atoms with Crippen molar-refractivity contribution in [1.82, 2.24) is 15.3 Å². The lowest BCUT2D eigenvalue weighted by Crippen LogP contribution is -2.55. The summed E-state index contributed by atoms with van der Waals surface area (Å²) in [6, 6.07) is 1.53. The van der Waals surface area contributed by atoms with E-state index in [1.165, 1.54) is 26.4 Å². The molecule has 2 N–H and O–H groups in total. The molecule has 4 rings (SSSR count). The summed E-state index contributed by atoms with van der Waals surface area (Å²) in [6.07, 6.45) is 3.66. The van der Waals surface area contributed by atoms with E-state index in [0.717, 1.165) is 28.6 Å². The molecule has 1 aromatic heterocycles. The number of H-pyrrole nitrogens is 1. The third-order valence-electron chi connectivity index (χ3n) is 6.08. The number of imidazole rings is 1. The minimum absolute atomic E-state index is 0.132. The van der Waals surface area contributed by atoms with Gasteiger partial charge in [-0.25, -0.2) is 4.98 Å². The van der Waals surface area contributed by atoms with Crippen LogP contribution in [0.2, 0.25) is 5.02 Å². The second-order valence-electron chi connectivity index (χ2n) is 8.06. The van der Waals surface area contributed by atoms with E-state index in [2.05, 4.69) is 15.3 Å². The molecule has 0 bridgehead atoms. The number of aryl methyl sites for hydroxylation is 1. The molecule has 176 valence electrons. The zero-order chi connectivity index (χ0) is 23.8. The number of aromatic amines is 1. The number of nitrogens with one attached hydrogen (secondary N) is 2. The average molecular weight is 492 g/mol. The molecular weight excluding hydrogens is 466 g/mol. The van der Waals surface area contributed by atoms with Gasteiger partial charge in [-0.2, -0.15) is 11.8 Å². The zero-order valence-corrected chi connectivity index (χ0v) is 20.5. The number of methoxy groups -OCH3 is 2. The highest BCUT2D eigenvalue weighted by Gasteiger charge is 2.60. The number of thioether (sulfide) groups is 1. The van der Waals surface area contributed by atoms with Crippen LogP contribution in [0.1, 0.15) is 35.1 Å². The number of Topliss-reactive ketones (excluding diaryl/α,β-unsaturated/α-hetero) is 1. The number of benzene rings is 1. The molecule has 1 aromatic carbocycles. The van der Waals surface area contributed by atoms with E-state index >= 15 is 0 Å². The van der Waals surface area contributed by atoms with Gasteiger partial charge in [-0.05, 0) is 13.3 Å². The van der Waals surface area contributed by atoms with Gasteiger partial charge in [-0.1, -0.05) is 18.5 Å². The Morgan fingerprint density at radius 3 is 2.73 bits per heavy atom. The maximum absolute atomic E-state index is 13.5. The van der Waals surface area contributed by atoms with Crippen LogP contribution in [-0.4, -0.2) is 53.7 Å². The molecule has 1 aliphatic heterocycles. The summed E-state index contributed by atoms with van der Waals surface area (Å²) in [6.45, 7) is 4.53. The molecule has 10 heteroatoms. The van der Waals surface area contributed by atoms with E-state index in [-0.39, 0.29) is 22.1 Å². The molecule has 2 heterocycles. The number of hydrogen-bond donors (Lipinski definition) is 2. The van der Waals surface area contributed by atoms with Gasteiger partial charge in [0.05, 0.1) is 26.2 Å². The van der Waals surface area contributed by atoms with Crippen molar-refractivity contribution in [3.63, 3.8) is 0 Å². The molecule has 2 atom stereocenters. The number of halogens is 1. The molecular formula is C23H26ClN3O5S. The predicted molar refractivity (Wildman–Crippen MR) is 127 cm³/mol. The molecule has 33 heavy (non-hydrogen) atoms. The summed E-state index contributed by atoms with van der Waals surface area (Å²) in [7, 11) is 2.91. The first-order valence-corrected chi connectivity index (χ1v) is 12.1. The quantitative estimate of drug-likeness (QED) is 0.425. The topological polar surface area (TPSA) is 103 Å². The van der Waals surface area contributed by atoms with Crippen LogP contribution in [0.25, 0.3) is 0 Å². The van der Waals surface area contributed by atoms with Crippen molar-refractivity contribution in [2.24, 2.45) is 5.92 Å². The Hall–Kier alpha value is -2.65. The van der Waals surface area contributed by atoms with Crippen molar-refractivity contribution in [2.75, 3.05) is 26.5 Å². The third-order valence-corrected chi connectivity index (χ3v) is 7.41. The molecule has 1 aliphatic carbocycles. The number of hydrogen-bond acceptors (Lipinski definition) is 8. The van der Waals surface area contributed by atoms with Crippen LogP contribution in [0.15, 0.2) is 24.2 Å². The molecule has 2 aliphatic rings. The fraction of sp³-hybridized carbons (Fsp3) is 0.435. The van der Waals surface area contributed by atoms with E-state index in [1.54, 1.807) is 18.1 Å². The van der Waals surface area contributed by atoms with Gasteiger partial charge in [0.2, 0.25) is 17.2 Å². The number of aromatic nitrogens is 2. The Balaban J connectivity index is 1.47. The number of ketones is 2. The van der Waals surface area contributed by atoms with Crippen molar-refractivity contribution in [2.45, 2.75) is 31.6 Å². The average Bonchev–Trinajstić information content (AvgIpc) is 3.34. The number of ether oxygens (including phenoxy) is 3. The van der Waals surface area contributed by atoms with Crippen LogP contribution in [0.5, 0.6) is 17.2 Å². The number of nitrogens with zero attached hydrogens (tertiary/aromatic N) is 1. The minimum atomic E-state index is -1.65. The predicted octanol–water partition coefficient (Wildman–Crippen LogP) is 3.72. The Morgan fingerprint density at radius 2 is 2.09 bits per heavy atom. The van der Waals surface area contributed by atoms with Crippen molar-refractivity contribution in [3.8, 4) is 17.2 Å². The van der Waals surface area contributed by atoms with Crippen molar-refractivity contribution in [1.29, 1.82) is 0 Å². The van der Waals surface area contributed by atoms with E-state index in [9.17, 15) is 9.59 Å². The van der Waals surface area contributed by atoms with Crippen LogP contribution in [0.3, 0.4) is 0 Å². The van der Waals surface area contributed by atoms with Gasteiger partial charge in [0.15, 0.2) is 5.75 Å².